The van der Waals surface area contributed by atoms with Crippen molar-refractivity contribution in [1.29, 1.82) is 0 Å². The molecule has 25 heavy (non-hydrogen) atoms. The lowest BCUT2D eigenvalue weighted by Gasteiger charge is -2.26. The van der Waals surface area contributed by atoms with Crippen LogP contribution in [0.25, 0.3) is 11.2 Å². The molecule has 0 radical (unpaired) electrons. The molecule has 0 atom stereocenters. The van der Waals surface area contributed by atoms with Gasteiger partial charge in [0.25, 0.3) is 5.91 Å². The number of benzene rings is 1. The Morgan fingerprint density at radius 1 is 1.12 bits per heavy atom. The first kappa shape index (κ1) is 16.2. The molecule has 2 aromatic heterocycles. The number of aromatic amines is 1. The number of carbonyl (C=O) groups is 1. The molecule has 0 bridgehead atoms. The Balaban J connectivity index is 1.54. The van der Waals surface area contributed by atoms with Gasteiger partial charge in [0.05, 0.1) is 6.33 Å². The molecule has 1 fully saturated rings. The monoisotopic (exact) mass is 448 g/mol. The Kier molecular flexibility index (Phi) is 4.51. The van der Waals surface area contributed by atoms with Crippen molar-refractivity contribution in [3.63, 3.8) is 0 Å². The first-order valence-corrected chi connectivity index (χ1v) is 9.31. The maximum absolute atomic E-state index is 12.5. The van der Waals surface area contributed by atoms with Crippen molar-refractivity contribution in [3.8, 4) is 0 Å². The molecule has 3 aromatic rings. The topological polar surface area (TPSA) is 86.8 Å². The number of rotatable bonds is 3. The Labute approximate surface area is 158 Å². The average Bonchev–Trinajstić information content (AvgIpc) is 3.11. The van der Waals surface area contributed by atoms with E-state index in [2.05, 4.69) is 47.8 Å². The SMILES string of the molecule is O=C(c1ccc(Nc2nc(I)nc3nc[nH]c23)cc1)N1CCCCC1. The van der Waals surface area contributed by atoms with Crippen LogP contribution in [-0.4, -0.2) is 43.8 Å². The molecule has 128 valence electrons. The van der Waals surface area contributed by atoms with E-state index in [1.54, 1.807) is 6.33 Å². The van der Waals surface area contributed by atoms with Crippen molar-refractivity contribution in [2.45, 2.75) is 19.3 Å². The van der Waals surface area contributed by atoms with Crippen LogP contribution in [0.3, 0.4) is 0 Å². The predicted molar refractivity (Wildman–Crippen MR) is 104 cm³/mol. The van der Waals surface area contributed by atoms with Gasteiger partial charge < -0.3 is 15.2 Å². The number of hydrogen-bond acceptors (Lipinski definition) is 5. The van der Waals surface area contributed by atoms with Crippen LogP contribution in [0.15, 0.2) is 30.6 Å². The van der Waals surface area contributed by atoms with Gasteiger partial charge in [0.1, 0.15) is 5.52 Å². The van der Waals surface area contributed by atoms with Crippen LogP contribution in [0.2, 0.25) is 0 Å². The van der Waals surface area contributed by atoms with Gasteiger partial charge in [-0.3, -0.25) is 4.79 Å². The second-order valence-electron chi connectivity index (χ2n) is 6.00. The maximum atomic E-state index is 12.5. The number of nitrogens with one attached hydrogen (secondary N) is 2. The molecule has 0 spiro atoms. The Hall–Kier alpha value is -2.23. The fraction of sp³-hybridized carbons (Fsp3) is 0.294. The van der Waals surface area contributed by atoms with Crippen molar-refractivity contribution in [1.82, 2.24) is 24.8 Å². The molecule has 0 saturated carbocycles. The molecular weight excluding hydrogens is 431 g/mol. The number of H-pyrrole nitrogens is 1. The van der Waals surface area contributed by atoms with Gasteiger partial charge in [-0.1, -0.05) is 0 Å². The van der Waals surface area contributed by atoms with Crippen LogP contribution in [-0.2, 0) is 0 Å². The van der Waals surface area contributed by atoms with E-state index < -0.39 is 0 Å². The van der Waals surface area contributed by atoms with Crippen LogP contribution < -0.4 is 5.32 Å². The molecule has 2 N–H and O–H groups in total. The summed E-state index contributed by atoms with van der Waals surface area (Å²) in [6.07, 6.45) is 5.00. The lowest BCUT2D eigenvalue weighted by atomic mass is 10.1. The molecule has 4 rings (SSSR count). The average molecular weight is 448 g/mol. The van der Waals surface area contributed by atoms with Crippen LogP contribution >= 0.6 is 22.6 Å². The molecule has 1 aromatic carbocycles. The van der Waals surface area contributed by atoms with Gasteiger partial charge >= 0.3 is 0 Å². The number of fused-ring (bicyclic) bond motifs is 1. The molecule has 0 aliphatic carbocycles. The third-order valence-corrected chi connectivity index (χ3v) is 4.78. The zero-order chi connectivity index (χ0) is 17.2. The third kappa shape index (κ3) is 3.44. The molecule has 0 unspecified atom stereocenters. The maximum Gasteiger partial charge on any atom is 0.253 e. The number of hydrogen-bond donors (Lipinski definition) is 2. The molecular formula is C17H17IN6O. The number of nitrogens with zero attached hydrogens (tertiary/aromatic N) is 4. The summed E-state index contributed by atoms with van der Waals surface area (Å²) in [6, 6.07) is 7.51. The first-order valence-electron chi connectivity index (χ1n) is 8.24. The van der Waals surface area contributed by atoms with Crippen LogP contribution in [0, 0.1) is 3.83 Å². The summed E-state index contributed by atoms with van der Waals surface area (Å²) in [5, 5.41) is 3.27. The smallest absolute Gasteiger partial charge is 0.253 e. The van der Waals surface area contributed by atoms with E-state index in [1.165, 1.54) is 6.42 Å². The zero-order valence-electron chi connectivity index (χ0n) is 13.5. The summed E-state index contributed by atoms with van der Waals surface area (Å²) in [7, 11) is 0. The van der Waals surface area contributed by atoms with Gasteiger partial charge in [0.2, 0.25) is 0 Å². The van der Waals surface area contributed by atoms with Crippen molar-refractivity contribution >= 4 is 51.2 Å². The quantitative estimate of drug-likeness (QED) is 0.474. The van der Waals surface area contributed by atoms with Gasteiger partial charge in [-0.25, -0.2) is 15.0 Å². The van der Waals surface area contributed by atoms with Crippen molar-refractivity contribution < 1.29 is 4.79 Å². The minimum absolute atomic E-state index is 0.110. The highest BCUT2D eigenvalue weighted by Crippen LogP contribution is 2.23. The number of aromatic nitrogens is 4. The largest absolute Gasteiger partial charge is 0.340 e. The van der Waals surface area contributed by atoms with E-state index in [9.17, 15) is 4.79 Å². The normalized spacial score (nSPS) is 14.7. The summed E-state index contributed by atoms with van der Waals surface area (Å²) < 4.78 is 0.622. The Morgan fingerprint density at radius 2 is 1.88 bits per heavy atom. The highest BCUT2D eigenvalue weighted by molar-refractivity contribution is 14.1. The van der Waals surface area contributed by atoms with Gasteiger partial charge in [-0.05, 0) is 43.5 Å². The lowest BCUT2D eigenvalue weighted by Crippen LogP contribution is -2.35. The molecule has 1 aliphatic heterocycles. The second-order valence-corrected chi connectivity index (χ2v) is 6.96. The first-order chi connectivity index (χ1) is 12.2. The number of likely N-dealkylation sites (tertiary alicyclic amines) is 1. The molecule has 1 amide bonds. The van der Waals surface area contributed by atoms with Gasteiger partial charge in [0.15, 0.2) is 15.3 Å². The van der Waals surface area contributed by atoms with Crippen LogP contribution in [0.1, 0.15) is 29.6 Å². The number of amides is 1. The fourth-order valence-corrected chi connectivity index (χ4v) is 3.48. The van der Waals surface area contributed by atoms with Crippen molar-refractivity contribution in [2.24, 2.45) is 0 Å². The van der Waals surface area contributed by atoms with E-state index in [-0.39, 0.29) is 5.91 Å². The van der Waals surface area contributed by atoms with Gasteiger partial charge in [-0.15, -0.1) is 0 Å². The summed E-state index contributed by atoms with van der Waals surface area (Å²) in [5.74, 6) is 0.779. The summed E-state index contributed by atoms with van der Waals surface area (Å²) in [5.41, 5.74) is 2.96. The van der Waals surface area contributed by atoms with E-state index in [4.69, 9.17) is 0 Å². The van der Waals surface area contributed by atoms with E-state index >= 15 is 0 Å². The van der Waals surface area contributed by atoms with Crippen LogP contribution in [0.5, 0.6) is 0 Å². The lowest BCUT2D eigenvalue weighted by molar-refractivity contribution is 0.0724. The Bertz CT molecular complexity index is 901. The molecule has 1 aliphatic rings. The minimum atomic E-state index is 0.110. The van der Waals surface area contributed by atoms with E-state index in [0.717, 1.165) is 42.7 Å². The molecule has 1 saturated heterocycles. The predicted octanol–water partition coefficient (Wildman–Crippen LogP) is 3.33. The number of halogens is 1. The summed E-state index contributed by atoms with van der Waals surface area (Å²) >= 11 is 2.07. The highest BCUT2D eigenvalue weighted by atomic mass is 127. The number of imidazole rings is 1. The van der Waals surface area contributed by atoms with Crippen LogP contribution in [0.4, 0.5) is 11.5 Å². The molecule has 3 heterocycles. The number of carbonyl (C=O) groups excluding carboxylic acids is 1. The molecule has 8 heteroatoms. The minimum Gasteiger partial charge on any atom is -0.340 e. The zero-order valence-corrected chi connectivity index (χ0v) is 15.7. The number of piperidine rings is 1. The third-order valence-electron chi connectivity index (χ3n) is 4.30. The number of anilines is 2. The molecule has 7 nitrogen and oxygen atoms in total. The summed E-state index contributed by atoms with van der Waals surface area (Å²) in [4.78, 5) is 30.4. The van der Waals surface area contributed by atoms with Crippen molar-refractivity contribution in [3.05, 3.63) is 40.0 Å². The van der Waals surface area contributed by atoms with E-state index in [0.29, 0.717) is 15.3 Å². The Morgan fingerprint density at radius 3 is 2.64 bits per heavy atom. The van der Waals surface area contributed by atoms with Gasteiger partial charge in [0, 0.05) is 46.9 Å². The fourth-order valence-electron chi connectivity index (χ4n) is 3.01. The van der Waals surface area contributed by atoms with E-state index in [1.807, 2.05) is 29.2 Å². The van der Waals surface area contributed by atoms with Crippen molar-refractivity contribution in [2.75, 3.05) is 18.4 Å². The highest BCUT2D eigenvalue weighted by Gasteiger charge is 2.18. The summed E-state index contributed by atoms with van der Waals surface area (Å²) in [6.45, 7) is 1.71. The van der Waals surface area contributed by atoms with Gasteiger partial charge in [-0.2, -0.15) is 0 Å². The standard InChI is InChI=1S/C17H17IN6O/c18-17-22-14-13(19-10-20-14)15(23-17)21-12-6-4-11(5-7-12)16(25)24-8-2-1-3-9-24/h4-7,10H,1-3,8-9H2,(H2,19,20,21,22,23). The second kappa shape index (κ2) is 6.95.